The second-order valence-electron chi connectivity index (χ2n) is 5.56. The van der Waals surface area contributed by atoms with Gasteiger partial charge in [-0.05, 0) is 30.4 Å². The molecule has 0 saturated carbocycles. The van der Waals surface area contributed by atoms with E-state index in [0.29, 0.717) is 22.6 Å². The van der Waals surface area contributed by atoms with Gasteiger partial charge in [0.1, 0.15) is 17.1 Å². The Balaban J connectivity index is 1.83. The van der Waals surface area contributed by atoms with E-state index < -0.39 is 5.91 Å². The quantitative estimate of drug-likeness (QED) is 0.404. The van der Waals surface area contributed by atoms with E-state index in [2.05, 4.69) is 20.6 Å². The molecule has 1 aliphatic rings. The number of nitrogens with zero attached hydrogens (tertiary/aromatic N) is 2. The molecule has 1 aromatic heterocycles. The van der Waals surface area contributed by atoms with Gasteiger partial charge in [0.25, 0.3) is 5.91 Å². The molecule has 0 spiro atoms. The Morgan fingerprint density at radius 3 is 2.85 bits per heavy atom. The van der Waals surface area contributed by atoms with E-state index >= 15 is 0 Å². The molecule has 9 heteroatoms. The molecule has 2 heterocycles. The Morgan fingerprint density at radius 1 is 1.33 bits per heavy atom. The number of nitrogens with two attached hydrogens (primary N) is 1. The number of nitrogens with one attached hydrogen (secondary N) is 4. The van der Waals surface area contributed by atoms with Crippen LogP contribution in [-0.2, 0) is 4.79 Å². The molecule has 1 aromatic carbocycles. The van der Waals surface area contributed by atoms with E-state index in [9.17, 15) is 4.79 Å². The monoisotopic (exact) mass is 363 g/mol. The zero-order valence-corrected chi connectivity index (χ0v) is 14.4. The minimum atomic E-state index is -0.442. The van der Waals surface area contributed by atoms with E-state index in [1.807, 2.05) is 0 Å². The molecule has 2 aromatic rings. The fourth-order valence-corrected chi connectivity index (χ4v) is 2.37. The van der Waals surface area contributed by atoms with Crippen LogP contribution in [0.15, 0.2) is 64.2 Å². The van der Waals surface area contributed by atoms with Crippen molar-refractivity contribution in [3.8, 4) is 0 Å². The van der Waals surface area contributed by atoms with Crippen LogP contribution in [0.25, 0.3) is 0 Å². The molecule has 6 N–H and O–H groups in total. The van der Waals surface area contributed by atoms with E-state index in [4.69, 9.17) is 21.0 Å². The first kappa shape index (κ1) is 17.8. The van der Waals surface area contributed by atoms with Gasteiger partial charge >= 0.3 is 0 Å². The van der Waals surface area contributed by atoms with E-state index in [1.165, 1.54) is 24.7 Å². The van der Waals surface area contributed by atoms with Crippen LogP contribution in [0.1, 0.15) is 11.3 Å². The summed E-state index contributed by atoms with van der Waals surface area (Å²) in [6.07, 6.45) is 7.16. The molecule has 0 atom stereocenters. The van der Waals surface area contributed by atoms with Gasteiger partial charge in [0.15, 0.2) is 12.2 Å². The number of carbonyl (C=O) groups is 1. The standard InChI is InChI=1S/C18H17N7O2/c1-22-7-15-13(20)4-5-14(25-15)18(26)24-10-2-3-12(19)11(6-10)17(21)16-8-23-9-27-16/h2-9,20-22H,19H2,1H3,(H,24,26)/b15-7+,20-13?,21-17?. The lowest BCUT2D eigenvalue weighted by atomic mass is 10.1. The lowest BCUT2D eigenvalue weighted by molar-refractivity contribution is -0.110. The first-order valence-corrected chi connectivity index (χ1v) is 7.91. The molecule has 3 rings (SSSR count). The maximum absolute atomic E-state index is 12.5. The summed E-state index contributed by atoms with van der Waals surface area (Å²) in [6.45, 7) is 0. The first-order chi connectivity index (χ1) is 13.0. The van der Waals surface area contributed by atoms with Crippen molar-refractivity contribution in [2.24, 2.45) is 4.99 Å². The second kappa shape index (κ2) is 7.48. The Kier molecular flexibility index (Phi) is 4.93. The smallest absolute Gasteiger partial charge is 0.274 e. The molecule has 136 valence electrons. The summed E-state index contributed by atoms with van der Waals surface area (Å²) in [7, 11) is 1.69. The zero-order valence-electron chi connectivity index (χ0n) is 14.4. The Bertz CT molecular complexity index is 1000. The average Bonchev–Trinajstić information content (AvgIpc) is 3.19. The van der Waals surface area contributed by atoms with Crippen molar-refractivity contribution in [1.82, 2.24) is 10.3 Å². The van der Waals surface area contributed by atoms with Gasteiger partial charge in [0.05, 0.1) is 11.9 Å². The van der Waals surface area contributed by atoms with Crippen LogP contribution in [0.2, 0.25) is 0 Å². The van der Waals surface area contributed by atoms with Crippen LogP contribution in [0.3, 0.4) is 0 Å². The Morgan fingerprint density at radius 2 is 2.15 bits per heavy atom. The number of nitrogen functional groups attached to an aromatic ring is 1. The highest BCUT2D eigenvalue weighted by Gasteiger charge is 2.17. The first-order valence-electron chi connectivity index (χ1n) is 7.91. The lowest BCUT2D eigenvalue weighted by Gasteiger charge is -2.12. The lowest BCUT2D eigenvalue weighted by Crippen LogP contribution is -2.24. The highest BCUT2D eigenvalue weighted by molar-refractivity contribution is 6.49. The van der Waals surface area contributed by atoms with Crippen molar-refractivity contribution >= 4 is 34.4 Å². The summed E-state index contributed by atoms with van der Waals surface area (Å²) in [5.74, 6) is -0.173. The molecule has 0 aliphatic carbocycles. The third-order valence-electron chi connectivity index (χ3n) is 3.70. The topological polar surface area (TPSA) is 153 Å². The Hall–Kier alpha value is -4.01. The number of hydrogen-bond donors (Lipinski definition) is 5. The summed E-state index contributed by atoms with van der Waals surface area (Å²) in [4.78, 5) is 20.4. The van der Waals surface area contributed by atoms with Crippen LogP contribution < -0.4 is 16.4 Å². The summed E-state index contributed by atoms with van der Waals surface area (Å²) in [5, 5.41) is 21.5. The molecule has 1 amide bonds. The van der Waals surface area contributed by atoms with Crippen molar-refractivity contribution in [3.05, 3.63) is 66.2 Å². The van der Waals surface area contributed by atoms with E-state index in [1.54, 1.807) is 31.4 Å². The number of amides is 1. The second-order valence-corrected chi connectivity index (χ2v) is 5.56. The van der Waals surface area contributed by atoms with Crippen LogP contribution in [0, 0.1) is 10.8 Å². The molecular formula is C18H17N7O2. The predicted molar refractivity (Wildman–Crippen MR) is 103 cm³/mol. The van der Waals surface area contributed by atoms with E-state index in [0.717, 1.165) is 0 Å². The van der Waals surface area contributed by atoms with Crippen molar-refractivity contribution in [1.29, 1.82) is 10.8 Å². The van der Waals surface area contributed by atoms with Crippen molar-refractivity contribution < 1.29 is 9.21 Å². The number of benzene rings is 1. The number of dihydropyridines is 1. The number of allylic oxidation sites excluding steroid dienone is 1. The number of carbonyl (C=O) groups excluding carboxylic acids is 1. The number of aliphatic imine (C=N–C) groups is 1. The van der Waals surface area contributed by atoms with Crippen molar-refractivity contribution in [3.63, 3.8) is 0 Å². The van der Waals surface area contributed by atoms with Crippen molar-refractivity contribution in [2.45, 2.75) is 0 Å². The minimum Gasteiger partial charge on any atom is -0.442 e. The SMILES string of the molecule is CN/C=C1/N=C(C(=O)Nc2ccc(N)c(C(=N)c3cnco3)c2)C=CC1=N. The normalized spacial score (nSPS) is 14.8. The number of hydrogen-bond acceptors (Lipinski definition) is 8. The molecular weight excluding hydrogens is 346 g/mol. The van der Waals surface area contributed by atoms with Gasteiger partial charge in [-0.15, -0.1) is 0 Å². The van der Waals surface area contributed by atoms with Gasteiger partial charge in [-0.1, -0.05) is 0 Å². The third kappa shape index (κ3) is 3.82. The average molecular weight is 363 g/mol. The summed E-state index contributed by atoms with van der Waals surface area (Å²) >= 11 is 0. The van der Waals surface area contributed by atoms with Gasteiger partial charge in [0, 0.05) is 30.2 Å². The molecule has 9 nitrogen and oxygen atoms in total. The predicted octanol–water partition coefficient (Wildman–Crippen LogP) is 1.70. The molecule has 0 fully saturated rings. The fraction of sp³-hybridized carbons (Fsp3) is 0.0556. The summed E-state index contributed by atoms with van der Waals surface area (Å²) < 4.78 is 5.13. The fourth-order valence-electron chi connectivity index (χ4n) is 2.37. The molecule has 0 saturated heterocycles. The van der Waals surface area contributed by atoms with Gasteiger partial charge in [0.2, 0.25) is 0 Å². The number of aromatic nitrogens is 1. The molecule has 0 radical (unpaired) electrons. The van der Waals surface area contributed by atoms with Crippen LogP contribution in [-0.4, -0.2) is 35.1 Å². The van der Waals surface area contributed by atoms with Gasteiger partial charge in [-0.2, -0.15) is 0 Å². The highest BCUT2D eigenvalue weighted by Crippen LogP contribution is 2.21. The summed E-state index contributed by atoms with van der Waals surface area (Å²) in [6, 6.07) is 4.80. The van der Waals surface area contributed by atoms with Gasteiger partial charge in [-0.25, -0.2) is 9.98 Å². The molecule has 1 aliphatic heterocycles. The molecule has 27 heavy (non-hydrogen) atoms. The number of anilines is 2. The van der Waals surface area contributed by atoms with E-state index in [-0.39, 0.29) is 22.9 Å². The van der Waals surface area contributed by atoms with Gasteiger partial charge < -0.3 is 20.8 Å². The maximum Gasteiger partial charge on any atom is 0.274 e. The third-order valence-corrected chi connectivity index (χ3v) is 3.70. The molecule has 0 bridgehead atoms. The van der Waals surface area contributed by atoms with Crippen LogP contribution in [0.5, 0.6) is 0 Å². The highest BCUT2D eigenvalue weighted by atomic mass is 16.3. The van der Waals surface area contributed by atoms with Crippen LogP contribution >= 0.6 is 0 Å². The summed E-state index contributed by atoms with van der Waals surface area (Å²) in [5.41, 5.74) is 7.96. The Labute approximate surface area is 154 Å². The van der Waals surface area contributed by atoms with Crippen molar-refractivity contribution in [2.75, 3.05) is 18.1 Å². The minimum absolute atomic E-state index is 0.0590. The van der Waals surface area contributed by atoms with Gasteiger partial charge in [-0.3, -0.25) is 15.6 Å². The maximum atomic E-state index is 12.5. The zero-order chi connectivity index (χ0) is 19.4. The number of oxazole rings is 1. The largest absolute Gasteiger partial charge is 0.442 e. The number of rotatable bonds is 5. The molecule has 0 unspecified atom stereocenters. The van der Waals surface area contributed by atoms with Crippen LogP contribution in [0.4, 0.5) is 11.4 Å².